The number of unbranched alkanes of at least 4 members (excludes halogenated alkanes) is 1. The van der Waals surface area contributed by atoms with Crippen molar-refractivity contribution in [1.82, 2.24) is 16.0 Å². The molecule has 0 saturated carbocycles. The first kappa shape index (κ1) is 31.6. The standard InChI is InChI=1S/C20H37N5O8S/c1-11(26)16(22)19(31)24-13(6-7-15(27)28)18(30)23-12(5-3-4-9-21)17(29)25-14(20(32)33)8-10-34-2/h11-14,16,26H,3-10,21-22H2,1-2H3,(H,23,30)(H,24,31)(H,25,29)(H,27,28)(H,32,33). The zero-order valence-electron chi connectivity index (χ0n) is 19.5. The molecule has 3 amide bonds. The molecule has 13 nitrogen and oxygen atoms in total. The Morgan fingerprint density at radius 2 is 1.38 bits per heavy atom. The summed E-state index contributed by atoms with van der Waals surface area (Å²) >= 11 is 1.42. The second kappa shape index (κ2) is 17.1. The van der Waals surface area contributed by atoms with E-state index in [-0.39, 0.29) is 19.3 Å². The van der Waals surface area contributed by atoms with Gasteiger partial charge in [-0.05, 0) is 57.6 Å². The second-order valence-corrected chi connectivity index (χ2v) is 8.77. The highest BCUT2D eigenvalue weighted by atomic mass is 32.2. The van der Waals surface area contributed by atoms with E-state index >= 15 is 0 Å². The number of rotatable bonds is 18. The molecule has 0 heterocycles. The molecule has 0 spiro atoms. The van der Waals surface area contributed by atoms with E-state index in [1.165, 1.54) is 18.7 Å². The van der Waals surface area contributed by atoms with E-state index < -0.39 is 66.4 Å². The first-order valence-corrected chi connectivity index (χ1v) is 12.3. The van der Waals surface area contributed by atoms with Crippen molar-refractivity contribution in [2.45, 2.75) is 75.7 Å². The van der Waals surface area contributed by atoms with Gasteiger partial charge in [0.25, 0.3) is 0 Å². The van der Waals surface area contributed by atoms with Crippen molar-refractivity contribution in [1.29, 1.82) is 0 Å². The molecule has 0 aromatic rings. The van der Waals surface area contributed by atoms with Crippen LogP contribution in [0.1, 0.15) is 45.4 Å². The smallest absolute Gasteiger partial charge is 0.326 e. The number of hydrogen-bond donors (Lipinski definition) is 8. The fourth-order valence-corrected chi connectivity index (χ4v) is 3.29. The Balaban J connectivity index is 5.54. The third kappa shape index (κ3) is 12.7. The predicted molar refractivity (Wildman–Crippen MR) is 126 cm³/mol. The Morgan fingerprint density at radius 3 is 1.85 bits per heavy atom. The van der Waals surface area contributed by atoms with Gasteiger partial charge in [0.15, 0.2) is 0 Å². The highest BCUT2D eigenvalue weighted by Gasteiger charge is 2.31. The molecule has 0 radical (unpaired) electrons. The average Bonchev–Trinajstić information content (AvgIpc) is 2.77. The van der Waals surface area contributed by atoms with E-state index in [4.69, 9.17) is 16.6 Å². The number of carboxylic acid groups (broad SMARTS) is 2. The van der Waals surface area contributed by atoms with Crippen LogP contribution in [0.25, 0.3) is 0 Å². The minimum Gasteiger partial charge on any atom is -0.481 e. The molecular weight excluding hydrogens is 470 g/mol. The fourth-order valence-electron chi connectivity index (χ4n) is 2.82. The van der Waals surface area contributed by atoms with Gasteiger partial charge in [-0.2, -0.15) is 11.8 Å². The van der Waals surface area contributed by atoms with Crippen LogP contribution in [0.2, 0.25) is 0 Å². The molecular formula is C20H37N5O8S. The third-order valence-electron chi connectivity index (χ3n) is 4.91. The quantitative estimate of drug-likeness (QED) is 0.0943. The van der Waals surface area contributed by atoms with Crippen molar-refractivity contribution in [2.75, 3.05) is 18.6 Å². The van der Waals surface area contributed by atoms with E-state index in [0.29, 0.717) is 25.1 Å². The first-order chi connectivity index (χ1) is 15.9. The number of nitrogens with one attached hydrogen (secondary N) is 3. The van der Waals surface area contributed by atoms with Gasteiger partial charge in [-0.25, -0.2) is 4.79 Å². The van der Waals surface area contributed by atoms with Gasteiger partial charge in [-0.15, -0.1) is 0 Å². The van der Waals surface area contributed by atoms with E-state index in [1.54, 1.807) is 6.26 Å². The van der Waals surface area contributed by atoms with Crippen LogP contribution in [0.4, 0.5) is 0 Å². The fraction of sp³-hybridized carbons (Fsp3) is 0.750. The topological polar surface area (TPSA) is 234 Å². The molecule has 0 fully saturated rings. The van der Waals surface area contributed by atoms with E-state index in [0.717, 1.165) is 0 Å². The number of aliphatic hydroxyl groups is 1. The highest BCUT2D eigenvalue weighted by molar-refractivity contribution is 7.98. The van der Waals surface area contributed by atoms with Gasteiger partial charge in [0.2, 0.25) is 17.7 Å². The second-order valence-electron chi connectivity index (χ2n) is 7.79. The minimum absolute atomic E-state index is 0.149. The summed E-state index contributed by atoms with van der Waals surface area (Å²) in [4.78, 5) is 60.4. The number of carboxylic acids is 2. The van der Waals surface area contributed by atoms with Crippen molar-refractivity contribution in [2.24, 2.45) is 11.5 Å². The lowest BCUT2D eigenvalue weighted by molar-refractivity contribution is -0.142. The van der Waals surface area contributed by atoms with Crippen LogP contribution in [0.5, 0.6) is 0 Å². The monoisotopic (exact) mass is 507 g/mol. The molecule has 10 N–H and O–H groups in total. The Kier molecular flexibility index (Phi) is 15.9. The van der Waals surface area contributed by atoms with Crippen LogP contribution >= 0.6 is 11.8 Å². The zero-order chi connectivity index (χ0) is 26.3. The van der Waals surface area contributed by atoms with Gasteiger partial charge in [0.1, 0.15) is 24.2 Å². The molecule has 0 aromatic carbocycles. The Hall–Kier alpha value is -2.42. The molecule has 5 atom stereocenters. The van der Waals surface area contributed by atoms with Crippen molar-refractivity contribution >= 4 is 41.4 Å². The van der Waals surface area contributed by atoms with Crippen LogP contribution in [-0.4, -0.2) is 93.8 Å². The number of thioether (sulfide) groups is 1. The molecule has 0 bridgehead atoms. The maximum absolute atomic E-state index is 12.9. The number of aliphatic carboxylic acids is 2. The molecule has 0 aliphatic rings. The summed E-state index contributed by atoms with van der Waals surface area (Å²) < 4.78 is 0. The van der Waals surface area contributed by atoms with Gasteiger partial charge in [-0.1, -0.05) is 0 Å². The maximum atomic E-state index is 12.9. The van der Waals surface area contributed by atoms with Crippen molar-refractivity contribution in [3.8, 4) is 0 Å². The third-order valence-corrected chi connectivity index (χ3v) is 5.55. The molecule has 0 aliphatic carbocycles. The maximum Gasteiger partial charge on any atom is 0.326 e. The van der Waals surface area contributed by atoms with Crippen LogP contribution in [0, 0.1) is 0 Å². The van der Waals surface area contributed by atoms with Crippen molar-refractivity contribution < 1.29 is 39.3 Å². The van der Waals surface area contributed by atoms with Gasteiger partial charge in [0.05, 0.1) is 6.10 Å². The largest absolute Gasteiger partial charge is 0.481 e. The highest BCUT2D eigenvalue weighted by Crippen LogP contribution is 2.07. The van der Waals surface area contributed by atoms with E-state index in [1.807, 2.05) is 0 Å². The van der Waals surface area contributed by atoms with Crippen LogP contribution in [0.3, 0.4) is 0 Å². The number of carbonyl (C=O) groups excluding carboxylic acids is 3. The van der Waals surface area contributed by atoms with Gasteiger partial charge in [-0.3, -0.25) is 19.2 Å². The SMILES string of the molecule is CSCCC(NC(=O)C(CCCCN)NC(=O)C(CCC(=O)O)NC(=O)C(N)C(C)O)C(=O)O. The van der Waals surface area contributed by atoms with Crippen LogP contribution in [0.15, 0.2) is 0 Å². The minimum atomic E-state index is -1.35. The Morgan fingerprint density at radius 1 is 0.853 bits per heavy atom. The molecule has 0 aliphatic heterocycles. The summed E-state index contributed by atoms with van der Waals surface area (Å²) in [6.07, 6.45) is 1.17. The molecule has 5 unspecified atom stereocenters. The lowest BCUT2D eigenvalue weighted by Crippen LogP contribution is -2.58. The lowest BCUT2D eigenvalue weighted by Gasteiger charge is -2.25. The summed E-state index contributed by atoms with van der Waals surface area (Å²) in [5.41, 5.74) is 11.1. The van der Waals surface area contributed by atoms with Gasteiger partial charge < -0.3 is 42.7 Å². The number of carbonyl (C=O) groups is 5. The Bertz CT molecular complexity index is 694. The molecule has 0 rings (SSSR count). The summed E-state index contributed by atoms with van der Waals surface area (Å²) in [6, 6.07) is -4.98. The average molecular weight is 508 g/mol. The molecule has 0 saturated heterocycles. The predicted octanol–water partition coefficient (Wildman–Crippen LogP) is -2.02. The lowest BCUT2D eigenvalue weighted by atomic mass is 10.0. The van der Waals surface area contributed by atoms with E-state index in [2.05, 4.69) is 16.0 Å². The molecule has 0 aromatic heterocycles. The number of hydrogen-bond acceptors (Lipinski definition) is 9. The summed E-state index contributed by atoms with van der Waals surface area (Å²) in [5.74, 6) is -4.35. The van der Waals surface area contributed by atoms with Crippen molar-refractivity contribution in [3.63, 3.8) is 0 Å². The first-order valence-electron chi connectivity index (χ1n) is 10.9. The number of aliphatic hydroxyl groups excluding tert-OH is 1. The molecule has 196 valence electrons. The molecule has 14 heteroatoms. The van der Waals surface area contributed by atoms with Crippen LogP contribution in [-0.2, 0) is 24.0 Å². The van der Waals surface area contributed by atoms with Gasteiger partial charge >= 0.3 is 11.9 Å². The van der Waals surface area contributed by atoms with Crippen LogP contribution < -0.4 is 27.4 Å². The normalized spacial score (nSPS) is 15.3. The zero-order valence-corrected chi connectivity index (χ0v) is 20.3. The van der Waals surface area contributed by atoms with Crippen molar-refractivity contribution in [3.05, 3.63) is 0 Å². The summed E-state index contributed by atoms with van der Waals surface area (Å²) in [5, 5.41) is 35.0. The number of amides is 3. The number of nitrogens with two attached hydrogens (primary N) is 2. The van der Waals surface area contributed by atoms with E-state index in [9.17, 15) is 34.2 Å². The summed E-state index contributed by atoms with van der Waals surface area (Å²) in [7, 11) is 0. The van der Waals surface area contributed by atoms with Gasteiger partial charge in [0, 0.05) is 6.42 Å². The Labute approximate surface area is 202 Å². The molecule has 34 heavy (non-hydrogen) atoms. The summed E-state index contributed by atoms with van der Waals surface area (Å²) in [6.45, 7) is 1.63.